The molecule has 0 spiro atoms. The predicted molar refractivity (Wildman–Crippen MR) is 72.2 cm³/mol. The number of aromatic nitrogens is 2. The van der Waals surface area contributed by atoms with Gasteiger partial charge in [0.2, 0.25) is 5.91 Å². The van der Waals surface area contributed by atoms with Gasteiger partial charge in [0.05, 0.1) is 0 Å². The van der Waals surface area contributed by atoms with Crippen molar-refractivity contribution >= 4 is 11.8 Å². The number of aromatic amines is 1. The number of H-pyrrole nitrogens is 1. The van der Waals surface area contributed by atoms with Gasteiger partial charge in [0.15, 0.2) is 0 Å². The van der Waals surface area contributed by atoms with Crippen LogP contribution in [0.4, 0.5) is 0 Å². The zero-order valence-electron chi connectivity index (χ0n) is 11.5. The Labute approximate surface area is 116 Å². The van der Waals surface area contributed by atoms with E-state index in [0.29, 0.717) is 32.6 Å². The fourth-order valence-corrected chi connectivity index (χ4v) is 2.16. The largest absolute Gasteiger partial charge is 0.339 e. The molecule has 0 saturated carbocycles. The minimum absolute atomic E-state index is 0.141. The monoisotopic (exact) mass is 278 g/mol. The molecule has 7 nitrogen and oxygen atoms in total. The van der Waals surface area contributed by atoms with Gasteiger partial charge in [0, 0.05) is 38.7 Å². The molecule has 1 aromatic heterocycles. The molecule has 1 aromatic rings. The minimum Gasteiger partial charge on any atom is -0.339 e. The van der Waals surface area contributed by atoms with E-state index in [1.165, 1.54) is 12.1 Å². The first kappa shape index (κ1) is 14.2. The Morgan fingerprint density at radius 2 is 1.85 bits per heavy atom. The maximum absolute atomic E-state index is 12.2. The standard InChI is InChI=1S/C13H18N4O3/c1-2-3-12(19)16-6-8-17(9-7-16)13(20)10-4-5-11(18)15-14-10/h4-5H,2-3,6-9H2,1H3,(H,15,18). The van der Waals surface area contributed by atoms with Gasteiger partial charge in [0.1, 0.15) is 5.69 Å². The van der Waals surface area contributed by atoms with Gasteiger partial charge in [-0.15, -0.1) is 0 Å². The molecule has 0 aromatic carbocycles. The molecule has 2 amide bonds. The van der Waals surface area contributed by atoms with Crippen LogP contribution in [0, 0.1) is 0 Å². The van der Waals surface area contributed by atoms with E-state index < -0.39 is 0 Å². The van der Waals surface area contributed by atoms with Crippen molar-refractivity contribution in [2.45, 2.75) is 19.8 Å². The highest BCUT2D eigenvalue weighted by atomic mass is 16.2. The first-order chi connectivity index (χ1) is 9.61. The van der Waals surface area contributed by atoms with E-state index in [1.54, 1.807) is 9.80 Å². The van der Waals surface area contributed by atoms with Gasteiger partial charge in [-0.3, -0.25) is 14.4 Å². The molecule has 1 saturated heterocycles. The van der Waals surface area contributed by atoms with Gasteiger partial charge in [-0.25, -0.2) is 5.10 Å². The lowest BCUT2D eigenvalue weighted by molar-refractivity contribution is -0.132. The van der Waals surface area contributed by atoms with Crippen LogP contribution in [0.15, 0.2) is 16.9 Å². The van der Waals surface area contributed by atoms with E-state index in [4.69, 9.17) is 0 Å². The molecule has 2 rings (SSSR count). The van der Waals surface area contributed by atoms with Crippen molar-refractivity contribution in [3.05, 3.63) is 28.2 Å². The fourth-order valence-electron chi connectivity index (χ4n) is 2.16. The molecule has 20 heavy (non-hydrogen) atoms. The van der Waals surface area contributed by atoms with Crippen molar-refractivity contribution in [2.75, 3.05) is 26.2 Å². The Kier molecular flexibility index (Phi) is 4.49. The maximum atomic E-state index is 12.2. The number of rotatable bonds is 3. The number of hydrogen-bond donors (Lipinski definition) is 1. The summed E-state index contributed by atoms with van der Waals surface area (Å²) in [5.74, 6) is -0.0781. The Morgan fingerprint density at radius 3 is 2.40 bits per heavy atom. The van der Waals surface area contributed by atoms with Crippen molar-refractivity contribution < 1.29 is 9.59 Å². The summed E-state index contributed by atoms with van der Waals surface area (Å²) in [5, 5.41) is 5.97. The van der Waals surface area contributed by atoms with Crippen LogP contribution in [0.3, 0.4) is 0 Å². The van der Waals surface area contributed by atoms with Crippen molar-refractivity contribution in [3.63, 3.8) is 0 Å². The summed E-state index contributed by atoms with van der Waals surface area (Å²) in [7, 11) is 0. The number of nitrogens with zero attached hydrogens (tertiary/aromatic N) is 3. The number of carbonyl (C=O) groups is 2. The van der Waals surface area contributed by atoms with Crippen molar-refractivity contribution in [2.24, 2.45) is 0 Å². The molecule has 0 aliphatic carbocycles. The summed E-state index contributed by atoms with van der Waals surface area (Å²) in [6.45, 7) is 4.06. The van der Waals surface area contributed by atoms with Crippen LogP contribution in [-0.2, 0) is 4.79 Å². The molecule has 1 N–H and O–H groups in total. The van der Waals surface area contributed by atoms with Gasteiger partial charge in [-0.1, -0.05) is 6.92 Å². The lowest BCUT2D eigenvalue weighted by Gasteiger charge is -2.34. The van der Waals surface area contributed by atoms with Crippen LogP contribution in [0.1, 0.15) is 30.3 Å². The molecule has 1 aliphatic rings. The van der Waals surface area contributed by atoms with Crippen LogP contribution in [0.2, 0.25) is 0 Å². The molecule has 0 unspecified atom stereocenters. The lowest BCUT2D eigenvalue weighted by atomic mass is 10.2. The van der Waals surface area contributed by atoms with Crippen LogP contribution in [0.5, 0.6) is 0 Å². The Balaban J connectivity index is 1.93. The second-order valence-electron chi connectivity index (χ2n) is 4.73. The highest BCUT2D eigenvalue weighted by Crippen LogP contribution is 2.08. The average Bonchev–Trinajstić information content (AvgIpc) is 2.48. The second kappa shape index (κ2) is 6.31. The van der Waals surface area contributed by atoms with Crippen molar-refractivity contribution in [3.8, 4) is 0 Å². The number of piperazine rings is 1. The predicted octanol–water partition coefficient (Wildman–Crippen LogP) is -0.146. The molecule has 0 radical (unpaired) electrons. The van der Waals surface area contributed by atoms with Gasteiger partial charge >= 0.3 is 0 Å². The Bertz CT molecular complexity index is 526. The zero-order chi connectivity index (χ0) is 14.5. The first-order valence-electron chi connectivity index (χ1n) is 6.74. The van der Waals surface area contributed by atoms with E-state index >= 15 is 0 Å². The first-order valence-corrected chi connectivity index (χ1v) is 6.74. The third-order valence-corrected chi connectivity index (χ3v) is 3.28. The lowest BCUT2D eigenvalue weighted by Crippen LogP contribution is -2.50. The zero-order valence-corrected chi connectivity index (χ0v) is 11.5. The summed E-state index contributed by atoms with van der Waals surface area (Å²) in [6, 6.07) is 2.69. The summed E-state index contributed by atoms with van der Waals surface area (Å²) in [6.07, 6.45) is 1.38. The van der Waals surface area contributed by atoms with Crippen LogP contribution < -0.4 is 5.56 Å². The van der Waals surface area contributed by atoms with Gasteiger partial charge in [-0.05, 0) is 12.5 Å². The van der Waals surface area contributed by atoms with Gasteiger partial charge < -0.3 is 9.80 Å². The third-order valence-electron chi connectivity index (χ3n) is 3.28. The maximum Gasteiger partial charge on any atom is 0.274 e. The molecular weight excluding hydrogens is 260 g/mol. The summed E-state index contributed by atoms with van der Waals surface area (Å²) in [4.78, 5) is 38.3. The van der Waals surface area contributed by atoms with Crippen LogP contribution in [-0.4, -0.2) is 58.0 Å². The van der Waals surface area contributed by atoms with E-state index in [-0.39, 0.29) is 23.1 Å². The molecule has 1 fully saturated rings. The average molecular weight is 278 g/mol. The Morgan fingerprint density at radius 1 is 1.20 bits per heavy atom. The third kappa shape index (κ3) is 3.23. The summed E-state index contributed by atoms with van der Waals surface area (Å²) in [5.41, 5.74) is -0.116. The minimum atomic E-state index is -0.337. The Hall–Kier alpha value is -2.18. The van der Waals surface area contributed by atoms with Gasteiger partial charge in [0.25, 0.3) is 11.5 Å². The highest BCUT2D eigenvalue weighted by molar-refractivity contribution is 5.92. The molecule has 2 heterocycles. The SMILES string of the molecule is CCCC(=O)N1CCN(C(=O)c2ccc(=O)[nH]n2)CC1. The van der Waals surface area contributed by atoms with E-state index in [1.807, 2.05) is 6.92 Å². The topological polar surface area (TPSA) is 86.4 Å². The number of nitrogens with one attached hydrogen (secondary N) is 1. The number of amides is 2. The highest BCUT2D eigenvalue weighted by Gasteiger charge is 2.25. The normalized spacial score (nSPS) is 15.2. The van der Waals surface area contributed by atoms with E-state index in [0.717, 1.165) is 6.42 Å². The molecule has 0 atom stereocenters. The van der Waals surface area contributed by atoms with E-state index in [9.17, 15) is 14.4 Å². The molecule has 108 valence electrons. The molecular formula is C13H18N4O3. The van der Waals surface area contributed by atoms with Crippen LogP contribution >= 0.6 is 0 Å². The van der Waals surface area contributed by atoms with Crippen molar-refractivity contribution in [1.29, 1.82) is 0 Å². The fraction of sp³-hybridized carbons (Fsp3) is 0.538. The number of hydrogen-bond acceptors (Lipinski definition) is 4. The quantitative estimate of drug-likeness (QED) is 0.833. The summed E-state index contributed by atoms with van der Waals surface area (Å²) < 4.78 is 0. The van der Waals surface area contributed by atoms with E-state index in [2.05, 4.69) is 10.2 Å². The second-order valence-corrected chi connectivity index (χ2v) is 4.73. The summed E-state index contributed by atoms with van der Waals surface area (Å²) >= 11 is 0. The molecule has 1 aliphatic heterocycles. The number of carbonyl (C=O) groups excluding carboxylic acids is 2. The van der Waals surface area contributed by atoms with Gasteiger partial charge in [-0.2, -0.15) is 5.10 Å². The molecule has 7 heteroatoms. The van der Waals surface area contributed by atoms with Crippen molar-refractivity contribution in [1.82, 2.24) is 20.0 Å². The smallest absolute Gasteiger partial charge is 0.274 e. The van der Waals surface area contributed by atoms with Crippen LogP contribution in [0.25, 0.3) is 0 Å². The molecule has 0 bridgehead atoms.